The van der Waals surface area contributed by atoms with Crippen molar-refractivity contribution < 1.29 is 53.7 Å². The van der Waals surface area contributed by atoms with Gasteiger partial charge in [0.15, 0.2) is 6.10 Å². The molecule has 0 radical (unpaired) electrons. The molecule has 41 heavy (non-hydrogen) atoms. The molecule has 1 heterocycles. The van der Waals surface area contributed by atoms with Crippen LogP contribution in [0.3, 0.4) is 0 Å². The highest BCUT2D eigenvalue weighted by molar-refractivity contribution is 5.75. The molecule has 2 atom stereocenters. The van der Waals surface area contributed by atoms with Crippen molar-refractivity contribution in [2.24, 2.45) is 0 Å². The van der Waals surface area contributed by atoms with Gasteiger partial charge in [0.1, 0.15) is 5.75 Å². The molecule has 3 aromatic rings. The van der Waals surface area contributed by atoms with E-state index in [-0.39, 0.29) is 29.9 Å². The van der Waals surface area contributed by atoms with E-state index in [1.54, 1.807) is 11.0 Å². The van der Waals surface area contributed by atoms with Gasteiger partial charge >= 0.3 is 24.9 Å². The molecule has 1 aliphatic heterocycles. The molecule has 1 aliphatic rings. The maximum absolute atomic E-state index is 13.5. The highest BCUT2D eigenvalue weighted by Gasteiger charge is 2.44. The van der Waals surface area contributed by atoms with E-state index in [1.165, 1.54) is 41.3 Å². The summed E-state index contributed by atoms with van der Waals surface area (Å²) in [6.45, 7) is -1.26. The zero-order valence-corrected chi connectivity index (χ0v) is 20.8. The van der Waals surface area contributed by atoms with Gasteiger partial charge in [0, 0.05) is 13.1 Å². The number of ether oxygens (including phenoxy) is 1. The Labute approximate surface area is 227 Å². The van der Waals surface area contributed by atoms with Crippen molar-refractivity contribution in [3.63, 3.8) is 0 Å². The van der Waals surface area contributed by atoms with Gasteiger partial charge in [0.25, 0.3) is 0 Å². The number of rotatable bonds is 8. The fraction of sp³-hybridized carbons (Fsp3) is 0.333. The Bertz CT molecular complexity index is 1350. The molecule has 222 valence electrons. The Morgan fingerprint density at radius 2 is 1.49 bits per heavy atom. The Morgan fingerprint density at radius 3 is 2.12 bits per heavy atom. The van der Waals surface area contributed by atoms with Crippen LogP contribution in [0.15, 0.2) is 72.8 Å². The average Bonchev–Trinajstić information content (AvgIpc) is 2.88. The minimum atomic E-state index is -5.01. The molecule has 1 N–H and O–H groups in total. The second-order valence-corrected chi connectivity index (χ2v) is 9.33. The van der Waals surface area contributed by atoms with Crippen LogP contribution in [0.25, 0.3) is 0 Å². The predicted molar refractivity (Wildman–Crippen MR) is 129 cm³/mol. The lowest BCUT2D eigenvalue weighted by Gasteiger charge is -2.46. The van der Waals surface area contributed by atoms with Crippen molar-refractivity contribution in [3.8, 4) is 5.75 Å². The average molecular weight is 596 g/mol. The molecule has 0 fully saturated rings. The number of aliphatic hydroxyl groups excluding tert-OH is 1. The molecule has 4 nitrogen and oxygen atoms in total. The molecule has 0 spiro atoms. The lowest BCUT2D eigenvalue weighted by molar-refractivity contribution is -0.253. The first kappa shape index (κ1) is 30.3. The number of para-hydroxylation sites is 2. The Morgan fingerprint density at radius 1 is 0.829 bits per heavy atom. The Kier molecular flexibility index (Phi) is 8.35. The third-order valence-electron chi connectivity index (χ3n) is 6.43. The van der Waals surface area contributed by atoms with Crippen LogP contribution in [0.1, 0.15) is 22.7 Å². The smallest absolute Gasteiger partial charge is 0.428 e. The SMILES string of the molecule is O[C@H](CN1c2ccccc2N(Cc2cccc(OC(F)(F)C(F)F)c2)C[C@H]1c1cccc(C(F)(F)F)c1)C(F)(F)F. The number of benzene rings is 3. The summed E-state index contributed by atoms with van der Waals surface area (Å²) in [5, 5.41) is 9.89. The first-order valence-corrected chi connectivity index (χ1v) is 12.0. The summed E-state index contributed by atoms with van der Waals surface area (Å²) < 4.78 is 137. The normalized spacial score (nSPS) is 17.0. The maximum Gasteiger partial charge on any atom is 0.461 e. The third kappa shape index (κ3) is 6.97. The fourth-order valence-corrected chi connectivity index (χ4v) is 4.55. The van der Waals surface area contributed by atoms with Crippen LogP contribution in [0.2, 0.25) is 0 Å². The molecule has 0 saturated heterocycles. The lowest BCUT2D eigenvalue weighted by Crippen LogP contribution is -2.49. The second-order valence-electron chi connectivity index (χ2n) is 9.33. The number of β-amino-alcohol motifs (C(OH)–C–C–N with tert-alkyl or cyclic N) is 1. The second kappa shape index (κ2) is 11.3. The van der Waals surface area contributed by atoms with Crippen LogP contribution < -0.4 is 14.5 Å². The largest absolute Gasteiger partial charge is 0.461 e. The van der Waals surface area contributed by atoms with Gasteiger partial charge in [0.05, 0.1) is 29.5 Å². The third-order valence-corrected chi connectivity index (χ3v) is 6.43. The summed E-state index contributed by atoms with van der Waals surface area (Å²) in [4.78, 5) is 2.77. The van der Waals surface area contributed by atoms with E-state index in [4.69, 9.17) is 0 Å². The topological polar surface area (TPSA) is 35.9 Å². The van der Waals surface area contributed by atoms with E-state index >= 15 is 0 Å². The minimum absolute atomic E-state index is 0.0161. The molecule has 0 aromatic heterocycles. The van der Waals surface area contributed by atoms with Gasteiger partial charge < -0.3 is 19.6 Å². The maximum atomic E-state index is 13.5. The van der Waals surface area contributed by atoms with E-state index < -0.39 is 54.9 Å². The van der Waals surface area contributed by atoms with Crippen molar-refractivity contribution >= 4 is 11.4 Å². The van der Waals surface area contributed by atoms with E-state index in [1.807, 2.05) is 0 Å². The van der Waals surface area contributed by atoms with Crippen molar-refractivity contribution in [1.82, 2.24) is 0 Å². The van der Waals surface area contributed by atoms with E-state index in [0.717, 1.165) is 30.3 Å². The van der Waals surface area contributed by atoms with Gasteiger partial charge in [-0.3, -0.25) is 0 Å². The highest BCUT2D eigenvalue weighted by Crippen LogP contribution is 2.43. The van der Waals surface area contributed by atoms with E-state index in [2.05, 4.69) is 4.74 Å². The molecule has 0 aliphatic carbocycles. The van der Waals surface area contributed by atoms with E-state index in [9.17, 15) is 49.0 Å². The monoisotopic (exact) mass is 596 g/mol. The molecular weight excluding hydrogens is 574 g/mol. The van der Waals surface area contributed by atoms with Crippen molar-refractivity contribution in [2.75, 3.05) is 22.9 Å². The van der Waals surface area contributed by atoms with Gasteiger partial charge in [-0.1, -0.05) is 36.4 Å². The predicted octanol–water partition coefficient (Wildman–Crippen LogP) is 7.43. The number of aliphatic hydroxyl groups is 1. The summed E-state index contributed by atoms with van der Waals surface area (Å²) in [5.74, 6) is -0.567. The number of fused-ring (bicyclic) bond motifs is 1. The van der Waals surface area contributed by atoms with Gasteiger partial charge in [-0.05, 0) is 47.5 Å². The van der Waals surface area contributed by atoms with Crippen LogP contribution in [0.4, 0.5) is 55.3 Å². The summed E-state index contributed by atoms with van der Waals surface area (Å²) in [6, 6.07) is 13.8. The lowest BCUT2D eigenvalue weighted by atomic mass is 9.96. The van der Waals surface area contributed by atoms with Crippen molar-refractivity contribution in [1.29, 1.82) is 0 Å². The molecule has 0 amide bonds. The quantitative estimate of drug-likeness (QED) is 0.275. The van der Waals surface area contributed by atoms with Crippen LogP contribution in [0.5, 0.6) is 5.75 Å². The molecule has 0 bridgehead atoms. The molecular formula is C27H22F10N2O2. The van der Waals surface area contributed by atoms with Crippen molar-refractivity contribution in [3.05, 3.63) is 89.5 Å². The standard InChI is InChI=1S/C27H22F10N2O2/c28-24(29)27(36,37)41-19-8-3-5-16(11-19)13-38-14-22(17-6-4-7-18(12-17)25(30,31)32)39(15-23(40)26(33,34)35)21-10-2-1-9-20(21)38/h1-12,22-24,40H,13-15H2/t22-,23+/m0/s1. The highest BCUT2D eigenvalue weighted by atomic mass is 19.4. The summed E-state index contributed by atoms with van der Waals surface area (Å²) in [6.07, 6.45) is -21.4. The number of anilines is 2. The zero-order valence-electron chi connectivity index (χ0n) is 20.8. The number of alkyl halides is 10. The number of hydrogen-bond acceptors (Lipinski definition) is 4. The minimum Gasteiger partial charge on any atom is -0.428 e. The summed E-state index contributed by atoms with van der Waals surface area (Å²) in [7, 11) is 0. The summed E-state index contributed by atoms with van der Waals surface area (Å²) in [5.41, 5.74) is -0.215. The first-order chi connectivity index (χ1) is 19.1. The zero-order chi connectivity index (χ0) is 30.2. The van der Waals surface area contributed by atoms with Crippen LogP contribution in [0, 0.1) is 0 Å². The van der Waals surface area contributed by atoms with Crippen LogP contribution in [-0.4, -0.2) is 43.0 Å². The molecule has 14 heteroatoms. The number of halogens is 10. The molecule has 0 saturated carbocycles. The number of nitrogens with zero attached hydrogens (tertiary/aromatic N) is 2. The fourth-order valence-electron chi connectivity index (χ4n) is 4.55. The molecule has 3 aromatic carbocycles. The Hall–Kier alpha value is -3.68. The van der Waals surface area contributed by atoms with Crippen molar-refractivity contribution in [2.45, 2.75) is 43.6 Å². The van der Waals surface area contributed by atoms with E-state index in [0.29, 0.717) is 5.69 Å². The van der Waals surface area contributed by atoms with Gasteiger partial charge in [-0.25, -0.2) is 0 Å². The Balaban J connectivity index is 1.74. The summed E-state index contributed by atoms with van der Waals surface area (Å²) >= 11 is 0. The first-order valence-electron chi connectivity index (χ1n) is 12.0. The van der Waals surface area contributed by atoms with Gasteiger partial charge in [0.2, 0.25) is 0 Å². The molecule has 4 rings (SSSR count). The number of hydrogen-bond donors (Lipinski definition) is 1. The molecule has 0 unspecified atom stereocenters. The van der Waals surface area contributed by atoms with Crippen LogP contribution in [-0.2, 0) is 12.7 Å². The van der Waals surface area contributed by atoms with Crippen LogP contribution >= 0.6 is 0 Å². The van der Waals surface area contributed by atoms with Gasteiger partial charge in [-0.15, -0.1) is 0 Å². The van der Waals surface area contributed by atoms with Gasteiger partial charge in [-0.2, -0.15) is 43.9 Å².